The van der Waals surface area contributed by atoms with Gasteiger partial charge >= 0.3 is 11.4 Å². The molecule has 0 spiro atoms. The number of hydrogen-bond donors (Lipinski definition) is 1. The van der Waals surface area contributed by atoms with E-state index in [0.29, 0.717) is 13.0 Å². The van der Waals surface area contributed by atoms with Crippen LogP contribution in [0.1, 0.15) is 6.42 Å². The van der Waals surface area contributed by atoms with E-state index in [1.165, 1.54) is 7.11 Å². The van der Waals surface area contributed by atoms with Crippen LogP contribution >= 0.6 is 0 Å². The SMILES string of the molecule is COS(=O)OC1CCOC1CO. The highest BCUT2D eigenvalue weighted by Crippen LogP contribution is 2.17. The zero-order chi connectivity index (χ0) is 8.97. The summed E-state index contributed by atoms with van der Waals surface area (Å²) in [5.41, 5.74) is 0. The Morgan fingerprint density at radius 3 is 3.08 bits per heavy atom. The zero-order valence-corrected chi connectivity index (χ0v) is 7.58. The highest BCUT2D eigenvalue weighted by atomic mass is 32.2. The van der Waals surface area contributed by atoms with E-state index in [4.69, 9.17) is 14.0 Å². The van der Waals surface area contributed by atoms with Gasteiger partial charge in [0.15, 0.2) is 0 Å². The molecule has 12 heavy (non-hydrogen) atoms. The molecule has 1 heterocycles. The zero-order valence-electron chi connectivity index (χ0n) is 6.76. The van der Waals surface area contributed by atoms with Gasteiger partial charge in [0.05, 0.1) is 13.7 Å². The lowest BCUT2D eigenvalue weighted by Gasteiger charge is -2.14. The highest BCUT2D eigenvalue weighted by molar-refractivity contribution is 7.75. The molecule has 1 saturated heterocycles. The second-order valence-corrected chi connectivity index (χ2v) is 3.32. The molecule has 3 unspecified atom stereocenters. The quantitative estimate of drug-likeness (QED) is 0.649. The summed E-state index contributed by atoms with van der Waals surface area (Å²) in [6.45, 7) is 0.405. The molecule has 0 aromatic rings. The maximum absolute atomic E-state index is 10.8. The fraction of sp³-hybridized carbons (Fsp3) is 1.00. The largest absolute Gasteiger partial charge is 0.394 e. The second-order valence-electron chi connectivity index (χ2n) is 2.39. The molecule has 6 heteroatoms. The van der Waals surface area contributed by atoms with Crippen LogP contribution in [0.15, 0.2) is 0 Å². The molecule has 0 amide bonds. The van der Waals surface area contributed by atoms with Crippen molar-refractivity contribution in [1.82, 2.24) is 0 Å². The first kappa shape index (κ1) is 10.1. The van der Waals surface area contributed by atoms with Crippen molar-refractivity contribution in [3.05, 3.63) is 0 Å². The molecule has 0 aromatic heterocycles. The molecule has 1 aliphatic heterocycles. The van der Waals surface area contributed by atoms with Gasteiger partial charge < -0.3 is 9.84 Å². The first-order chi connectivity index (χ1) is 5.77. The van der Waals surface area contributed by atoms with E-state index in [2.05, 4.69) is 4.18 Å². The van der Waals surface area contributed by atoms with Crippen LogP contribution in [-0.4, -0.2) is 41.8 Å². The van der Waals surface area contributed by atoms with Gasteiger partial charge in [-0.25, -0.2) is 0 Å². The third-order valence-corrected chi connectivity index (χ3v) is 2.34. The molecule has 0 aromatic carbocycles. The molecule has 0 aliphatic carbocycles. The van der Waals surface area contributed by atoms with E-state index in [9.17, 15) is 4.21 Å². The van der Waals surface area contributed by atoms with Crippen molar-refractivity contribution in [3.8, 4) is 0 Å². The molecule has 1 fully saturated rings. The van der Waals surface area contributed by atoms with Gasteiger partial charge in [0.1, 0.15) is 12.2 Å². The van der Waals surface area contributed by atoms with Crippen LogP contribution in [0.3, 0.4) is 0 Å². The normalized spacial score (nSPS) is 32.2. The molecule has 1 aliphatic rings. The molecule has 5 nitrogen and oxygen atoms in total. The molecule has 0 radical (unpaired) electrons. The molecule has 0 saturated carbocycles. The molecule has 1 N–H and O–H groups in total. The highest BCUT2D eigenvalue weighted by Gasteiger charge is 2.30. The molecule has 72 valence electrons. The van der Waals surface area contributed by atoms with Crippen LogP contribution in [0.25, 0.3) is 0 Å². The van der Waals surface area contributed by atoms with Gasteiger partial charge in [-0.05, 0) is 0 Å². The Labute approximate surface area is 73.5 Å². The Morgan fingerprint density at radius 1 is 1.75 bits per heavy atom. The summed E-state index contributed by atoms with van der Waals surface area (Å²) in [5, 5.41) is 8.78. The van der Waals surface area contributed by atoms with E-state index >= 15 is 0 Å². The number of ether oxygens (including phenoxy) is 1. The van der Waals surface area contributed by atoms with Crippen molar-refractivity contribution in [2.45, 2.75) is 18.6 Å². The minimum Gasteiger partial charge on any atom is -0.394 e. The molecule has 3 atom stereocenters. The molecule has 0 bridgehead atoms. The van der Waals surface area contributed by atoms with Crippen LogP contribution in [0.4, 0.5) is 0 Å². The summed E-state index contributed by atoms with van der Waals surface area (Å²) in [7, 11) is 1.29. The fourth-order valence-corrected chi connectivity index (χ4v) is 1.55. The topological polar surface area (TPSA) is 65.0 Å². The molecular formula is C6H12O5S. The van der Waals surface area contributed by atoms with Crippen LogP contribution in [0.5, 0.6) is 0 Å². The monoisotopic (exact) mass is 196 g/mol. The summed E-state index contributed by atoms with van der Waals surface area (Å²) in [4.78, 5) is 0. The first-order valence-electron chi connectivity index (χ1n) is 3.63. The van der Waals surface area contributed by atoms with Crippen LogP contribution < -0.4 is 0 Å². The van der Waals surface area contributed by atoms with Crippen LogP contribution in [-0.2, 0) is 24.5 Å². The van der Waals surface area contributed by atoms with E-state index in [-0.39, 0.29) is 18.8 Å². The Morgan fingerprint density at radius 2 is 2.50 bits per heavy atom. The summed E-state index contributed by atoms with van der Waals surface area (Å²) < 4.78 is 25.2. The van der Waals surface area contributed by atoms with E-state index in [1.807, 2.05) is 0 Å². The average molecular weight is 196 g/mol. The lowest BCUT2D eigenvalue weighted by atomic mass is 10.2. The number of aliphatic hydroxyl groups is 1. The van der Waals surface area contributed by atoms with Crippen molar-refractivity contribution < 1.29 is 22.4 Å². The smallest absolute Gasteiger partial charge is 0.304 e. The van der Waals surface area contributed by atoms with Crippen molar-refractivity contribution in [2.75, 3.05) is 20.3 Å². The summed E-state index contributed by atoms with van der Waals surface area (Å²) in [6, 6.07) is 0. The van der Waals surface area contributed by atoms with Gasteiger partial charge in [-0.15, -0.1) is 0 Å². The van der Waals surface area contributed by atoms with Crippen LogP contribution in [0.2, 0.25) is 0 Å². The molecular weight excluding hydrogens is 184 g/mol. The Kier molecular flexibility index (Phi) is 4.10. The van der Waals surface area contributed by atoms with Gasteiger partial charge in [-0.1, -0.05) is 0 Å². The van der Waals surface area contributed by atoms with Gasteiger partial charge in [-0.2, -0.15) is 4.21 Å². The lowest BCUT2D eigenvalue weighted by Crippen LogP contribution is -2.28. The van der Waals surface area contributed by atoms with Gasteiger partial charge in [0.2, 0.25) is 0 Å². The van der Waals surface area contributed by atoms with Crippen molar-refractivity contribution >= 4 is 11.4 Å². The summed E-state index contributed by atoms with van der Waals surface area (Å²) >= 11 is -1.73. The van der Waals surface area contributed by atoms with Gasteiger partial charge in [-0.3, -0.25) is 8.37 Å². The van der Waals surface area contributed by atoms with Gasteiger partial charge in [0.25, 0.3) is 0 Å². The maximum atomic E-state index is 10.8. The Bertz CT molecular complexity index is 162. The van der Waals surface area contributed by atoms with Crippen molar-refractivity contribution in [2.24, 2.45) is 0 Å². The fourth-order valence-electron chi connectivity index (χ4n) is 1.05. The van der Waals surface area contributed by atoms with Gasteiger partial charge in [0, 0.05) is 13.0 Å². The Hall–Kier alpha value is -0.0100. The third-order valence-electron chi connectivity index (χ3n) is 1.67. The van der Waals surface area contributed by atoms with Crippen LogP contribution in [0, 0.1) is 0 Å². The average Bonchev–Trinajstić information content (AvgIpc) is 2.51. The van der Waals surface area contributed by atoms with E-state index in [0.717, 1.165) is 0 Å². The lowest BCUT2D eigenvalue weighted by molar-refractivity contribution is 0.0136. The minimum atomic E-state index is -1.73. The number of rotatable bonds is 4. The van der Waals surface area contributed by atoms with E-state index < -0.39 is 11.4 Å². The standard InChI is InChI=1S/C6H12O5S/c1-9-12(8)11-5-2-3-10-6(5)4-7/h5-7H,2-4H2,1H3. The predicted molar refractivity (Wildman–Crippen MR) is 41.5 cm³/mol. The minimum absolute atomic E-state index is 0.119. The summed E-state index contributed by atoms with van der Waals surface area (Å²) in [6.07, 6.45) is -0.0553. The number of hydrogen-bond acceptors (Lipinski definition) is 5. The first-order valence-corrected chi connectivity index (χ1v) is 4.63. The Balaban J connectivity index is 2.35. The van der Waals surface area contributed by atoms with E-state index in [1.54, 1.807) is 0 Å². The number of aliphatic hydroxyl groups excluding tert-OH is 1. The van der Waals surface area contributed by atoms with Crippen molar-refractivity contribution in [1.29, 1.82) is 0 Å². The molecule has 1 rings (SSSR count). The second kappa shape index (κ2) is 4.88. The van der Waals surface area contributed by atoms with Crippen molar-refractivity contribution in [3.63, 3.8) is 0 Å². The maximum Gasteiger partial charge on any atom is 0.304 e. The predicted octanol–water partition coefficient (Wildman–Crippen LogP) is -0.622. The summed E-state index contributed by atoms with van der Waals surface area (Å²) in [5.74, 6) is 0. The third kappa shape index (κ3) is 2.49.